The second-order valence-electron chi connectivity index (χ2n) is 3.10. The minimum Gasteiger partial charge on any atom is -0.482 e. The zero-order valence-electron chi connectivity index (χ0n) is 8.18. The Labute approximate surface area is 80.5 Å². The van der Waals surface area contributed by atoms with Gasteiger partial charge in [-0.15, -0.1) is 5.92 Å². The van der Waals surface area contributed by atoms with Crippen molar-refractivity contribution >= 4 is 0 Å². The summed E-state index contributed by atoms with van der Waals surface area (Å²) in [6.07, 6.45) is 8.51. The summed E-state index contributed by atoms with van der Waals surface area (Å²) < 4.78 is 5.34. The fourth-order valence-electron chi connectivity index (χ4n) is 1.54. The first kappa shape index (κ1) is 9.92. The quantitative estimate of drug-likeness (QED) is 0.365. The van der Waals surface area contributed by atoms with Crippen LogP contribution >= 0.6 is 0 Å². The predicted octanol–water partition coefficient (Wildman–Crippen LogP) is 3.04. The van der Waals surface area contributed by atoms with E-state index in [0.717, 1.165) is 12.8 Å². The van der Waals surface area contributed by atoms with E-state index in [1.54, 1.807) is 0 Å². The lowest BCUT2D eigenvalue weighted by Crippen LogP contribution is -2.12. The van der Waals surface area contributed by atoms with Crippen molar-refractivity contribution in [3.63, 3.8) is 0 Å². The van der Waals surface area contributed by atoms with Crippen molar-refractivity contribution in [1.29, 1.82) is 0 Å². The molecule has 1 atom stereocenters. The highest BCUT2D eigenvalue weighted by atomic mass is 16.5. The number of ether oxygens (including phenoxy) is 1. The topological polar surface area (TPSA) is 9.23 Å². The van der Waals surface area contributed by atoms with E-state index in [0.29, 0.717) is 0 Å². The average Bonchev–Trinajstić information content (AvgIpc) is 2.19. The first-order valence-electron chi connectivity index (χ1n) is 4.76. The second kappa shape index (κ2) is 5.48. The van der Waals surface area contributed by atoms with Crippen LogP contribution < -0.4 is 0 Å². The van der Waals surface area contributed by atoms with Crippen molar-refractivity contribution in [2.75, 3.05) is 0 Å². The van der Waals surface area contributed by atoms with Crippen LogP contribution in [0, 0.1) is 11.8 Å². The fourth-order valence-corrected chi connectivity index (χ4v) is 1.54. The lowest BCUT2D eigenvalue weighted by molar-refractivity contribution is 0.220. The summed E-state index contributed by atoms with van der Waals surface area (Å²) in [6, 6.07) is 0. The number of hydrogen-bond acceptors (Lipinski definition) is 1. The van der Waals surface area contributed by atoms with Crippen LogP contribution in [0.2, 0.25) is 0 Å². The molecule has 0 aromatic rings. The van der Waals surface area contributed by atoms with Crippen molar-refractivity contribution in [2.24, 2.45) is 0 Å². The number of hydrogen-bond donors (Lipinski definition) is 0. The molecule has 13 heavy (non-hydrogen) atoms. The Morgan fingerprint density at radius 3 is 3.00 bits per heavy atom. The molecular weight excluding hydrogens is 160 g/mol. The van der Waals surface area contributed by atoms with Gasteiger partial charge < -0.3 is 4.74 Å². The molecule has 0 aliphatic heterocycles. The molecule has 0 aromatic carbocycles. The van der Waals surface area contributed by atoms with E-state index in [-0.39, 0.29) is 6.10 Å². The Kier molecular flexibility index (Phi) is 4.18. The third-order valence-corrected chi connectivity index (χ3v) is 2.17. The summed E-state index contributed by atoms with van der Waals surface area (Å²) in [5, 5.41) is 0. The molecule has 0 aromatic heterocycles. The van der Waals surface area contributed by atoms with Crippen LogP contribution in [0.5, 0.6) is 0 Å². The largest absolute Gasteiger partial charge is 0.482 e. The highest BCUT2D eigenvalue weighted by molar-refractivity contribution is 5.23. The van der Waals surface area contributed by atoms with Gasteiger partial charge in [-0.2, -0.15) is 0 Å². The lowest BCUT2D eigenvalue weighted by atomic mass is 9.95. The minimum absolute atomic E-state index is 0.0530. The summed E-state index contributed by atoms with van der Waals surface area (Å²) in [7, 11) is 0. The van der Waals surface area contributed by atoms with E-state index in [4.69, 9.17) is 4.74 Å². The van der Waals surface area contributed by atoms with Crippen LogP contribution in [-0.2, 0) is 4.74 Å². The standard InChI is InChI=1S/C12H16O/c1-3-8-12(13-4-2)11-9-6-5-7-10-11/h4,9,12H,2,5-7,10H2,1H3. The molecule has 70 valence electrons. The summed E-state index contributed by atoms with van der Waals surface area (Å²) in [6.45, 7) is 5.40. The SMILES string of the molecule is C=COC(C#CC)C1=CCCCC1. The summed E-state index contributed by atoms with van der Waals surface area (Å²) in [4.78, 5) is 0. The Bertz CT molecular complexity index is 252. The van der Waals surface area contributed by atoms with Crippen molar-refractivity contribution in [3.05, 3.63) is 24.5 Å². The van der Waals surface area contributed by atoms with Crippen LogP contribution in [0.4, 0.5) is 0 Å². The summed E-state index contributed by atoms with van der Waals surface area (Å²) in [5.41, 5.74) is 1.32. The van der Waals surface area contributed by atoms with Crippen LogP contribution in [-0.4, -0.2) is 6.10 Å². The third kappa shape index (κ3) is 2.99. The van der Waals surface area contributed by atoms with Gasteiger partial charge >= 0.3 is 0 Å². The molecule has 0 heterocycles. The molecule has 0 fully saturated rings. The Balaban J connectivity index is 2.65. The monoisotopic (exact) mass is 176 g/mol. The Morgan fingerprint density at radius 1 is 1.62 bits per heavy atom. The van der Waals surface area contributed by atoms with E-state index in [1.165, 1.54) is 24.7 Å². The lowest BCUT2D eigenvalue weighted by Gasteiger charge is -2.18. The van der Waals surface area contributed by atoms with Crippen LogP contribution in [0.15, 0.2) is 24.5 Å². The molecule has 0 N–H and O–H groups in total. The van der Waals surface area contributed by atoms with Gasteiger partial charge in [-0.05, 0) is 38.2 Å². The molecule has 1 rings (SSSR count). The van der Waals surface area contributed by atoms with Crippen LogP contribution in [0.3, 0.4) is 0 Å². The molecule has 0 radical (unpaired) electrons. The van der Waals surface area contributed by atoms with Gasteiger partial charge in [0, 0.05) is 0 Å². The highest BCUT2D eigenvalue weighted by Crippen LogP contribution is 2.21. The number of allylic oxidation sites excluding steroid dienone is 1. The van der Waals surface area contributed by atoms with Gasteiger partial charge in [-0.1, -0.05) is 18.6 Å². The molecule has 1 aliphatic rings. The van der Waals surface area contributed by atoms with E-state index in [9.17, 15) is 0 Å². The molecule has 1 aliphatic carbocycles. The van der Waals surface area contributed by atoms with Gasteiger partial charge in [0.1, 0.15) is 0 Å². The van der Waals surface area contributed by atoms with Crippen molar-refractivity contribution in [1.82, 2.24) is 0 Å². The second-order valence-corrected chi connectivity index (χ2v) is 3.10. The first-order chi connectivity index (χ1) is 6.38. The predicted molar refractivity (Wildman–Crippen MR) is 55.1 cm³/mol. The zero-order valence-corrected chi connectivity index (χ0v) is 8.18. The molecule has 1 heteroatoms. The van der Waals surface area contributed by atoms with E-state index in [1.807, 2.05) is 6.92 Å². The third-order valence-electron chi connectivity index (χ3n) is 2.17. The van der Waals surface area contributed by atoms with Crippen LogP contribution in [0.25, 0.3) is 0 Å². The normalized spacial score (nSPS) is 17.8. The number of rotatable bonds is 3. The maximum atomic E-state index is 5.34. The molecule has 0 amide bonds. The fraction of sp³-hybridized carbons (Fsp3) is 0.500. The van der Waals surface area contributed by atoms with Gasteiger partial charge in [-0.3, -0.25) is 0 Å². The zero-order chi connectivity index (χ0) is 9.52. The summed E-state index contributed by atoms with van der Waals surface area (Å²) in [5.74, 6) is 5.93. The van der Waals surface area contributed by atoms with Gasteiger partial charge in [0.15, 0.2) is 6.10 Å². The van der Waals surface area contributed by atoms with Crippen molar-refractivity contribution in [3.8, 4) is 11.8 Å². The molecule has 1 nitrogen and oxygen atoms in total. The van der Waals surface area contributed by atoms with Gasteiger partial charge in [0.05, 0.1) is 6.26 Å². The van der Waals surface area contributed by atoms with E-state index < -0.39 is 0 Å². The van der Waals surface area contributed by atoms with Crippen molar-refractivity contribution in [2.45, 2.75) is 38.7 Å². The summed E-state index contributed by atoms with van der Waals surface area (Å²) >= 11 is 0. The molecule has 0 saturated carbocycles. The maximum absolute atomic E-state index is 5.34. The van der Waals surface area contributed by atoms with Crippen LogP contribution in [0.1, 0.15) is 32.6 Å². The molecule has 0 saturated heterocycles. The Morgan fingerprint density at radius 2 is 2.46 bits per heavy atom. The minimum atomic E-state index is -0.0530. The maximum Gasteiger partial charge on any atom is 0.179 e. The molecule has 1 unspecified atom stereocenters. The van der Waals surface area contributed by atoms with Gasteiger partial charge in [0.25, 0.3) is 0 Å². The van der Waals surface area contributed by atoms with Gasteiger partial charge in [-0.25, -0.2) is 0 Å². The molecular formula is C12H16O. The van der Waals surface area contributed by atoms with E-state index in [2.05, 4.69) is 24.5 Å². The van der Waals surface area contributed by atoms with Crippen molar-refractivity contribution < 1.29 is 4.74 Å². The van der Waals surface area contributed by atoms with Gasteiger partial charge in [0.2, 0.25) is 0 Å². The average molecular weight is 176 g/mol. The molecule has 0 bridgehead atoms. The highest BCUT2D eigenvalue weighted by Gasteiger charge is 2.13. The first-order valence-corrected chi connectivity index (χ1v) is 4.76. The molecule has 0 spiro atoms. The van der Waals surface area contributed by atoms with E-state index >= 15 is 0 Å². The smallest absolute Gasteiger partial charge is 0.179 e. The Hall–Kier alpha value is -1.16.